The van der Waals surface area contributed by atoms with Crippen LogP contribution in [0.25, 0.3) is 0 Å². The summed E-state index contributed by atoms with van der Waals surface area (Å²) in [7, 11) is 1.64. The Balaban J connectivity index is 2.33. The molecule has 86 valence electrons. The summed E-state index contributed by atoms with van der Waals surface area (Å²) in [6, 6.07) is 7.77. The number of nitrogens with one attached hydrogen (secondary N) is 1. The first-order valence-electron chi connectivity index (χ1n) is 5.43. The van der Waals surface area contributed by atoms with Crippen molar-refractivity contribution in [2.45, 2.75) is 13.1 Å². The monoisotopic (exact) mass is 220 g/mol. The van der Waals surface area contributed by atoms with E-state index in [0.29, 0.717) is 13.1 Å². The van der Waals surface area contributed by atoms with Gasteiger partial charge in [0.1, 0.15) is 11.9 Å². The highest BCUT2D eigenvalue weighted by molar-refractivity contribution is 5.81. The van der Waals surface area contributed by atoms with Crippen molar-refractivity contribution in [3.63, 3.8) is 0 Å². The van der Waals surface area contributed by atoms with E-state index in [-0.39, 0.29) is 12.1 Å². The molecule has 2 rings (SSSR count). The molecule has 1 aliphatic rings. The normalized spacial score (nSPS) is 20.2. The number of carbonyl (C=O) groups is 1. The molecule has 1 aliphatic heterocycles. The van der Waals surface area contributed by atoms with Crippen LogP contribution in [0.4, 0.5) is 0 Å². The summed E-state index contributed by atoms with van der Waals surface area (Å²) in [4.78, 5) is 13.4. The molecule has 0 spiro atoms. The Morgan fingerprint density at radius 3 is 2.94 bits per heavy atom. The zero-order valence-corrected chi connectivity index (χ0v) is 9.56. The van der Waals surface area contributed by atoms with Crippen LogP contribution in [0.15, 0.2) is 24.3 Å². The molecule has 1 unspecified atom stereocenters. The fraction of sp³-hybridized carbons (Fsp3) is 0.417. The Morgan fingerprint density at radius 2 is 2.25 bits per heavy atom. The first-order valence-corrected chi connectivity index (χ1v) is 5.43. The van der Waals surface area contributed by atoms with E-state index < -0.39 is 0 Å². The second-order valence-corrected chi connectivity index (χ2v) is 3.71. The van der Waals surface area contributed by atoms with Crippen molar-refractivity contribution >= 4 is 5.91 Å². The molecule has 1 amide bonds. The fourth-order valence-corrected chi connectivity index (χ4v) is 2.07. The number of rotatable bonds is 3. The molecule has 0 aromatic heterocycles. The molecule has 1 atom stereocenters. The molecule has 1 N–H and O–H groups in total. The number of hydrogen-bond acceptors (Lipinski definition) is 3. The van der Waals surface area contributed by atoms with E-state index in [1.165, 1.54) is 0 Å². The smallest absolute Gasteiger partial charge is 0.238 e. The van der Waals surface area contributed by atoms with Crippen LogP contribution in [-0.4, -0.2) is 31.0 Å². The molecule has 0 aliphatic carbocycles. The van der Waals surface area contributed by atoms with Gasteiger partial charge in [-0.05, 0) is 13.0 Å². The van der Waals surface area contributed by atoms with Gasteiger partial charge in [-0.1, -0.05) is 18.2 Å². The second-order valence-electron chi connectivity index (χ2n) is 3.71. The molecule has 0 bridgehead atoms. The Kier molecular flexibility index (Phi) is 3.10. The van der Waals surface area contributed by atoms with Crippen LogP contribution < -0.4 is 10.1 Å². The van der Waals surface area contributed by atoms with E-state index in [2.05, 4.69) is 5.32 Å². The van der Waals surface area contributed by atoms with Crippen molar-refractivity contribution in [2.24, 2.45) is 0 Å². The van der Waals surface area contributed by atoms with Gasteiger partial charge in [-0.2, -0.15) is 0 Å². The summed E-state index contributed by atoms with van der Waals surface area (Å²) in [6.07, 6.45) is -0.0614. The lowest BCUT2D eigenvalue weighted by Crippen LogP contribution is -2.30. The van der Waals surface area contributed by atoms with Crippen molar-refractivity contribution in [3.8, 4) is 5.75 Å². The van der Waals surface area contributed by atoms with Gasteiger partial charge in [0.25, 0.3) is 0 Å². The van der Waals surface area contributed by atoms with Crippen molar-refractivity contribution in [1.82, 2.24) is 10.2 Å². The molecule has 1 heterocycles. The lowest BCUT2D eigenvalue weighted by atomic mass is 10.1. The number of para-hydroxylation sites is 1. The van der Waals surface area contributed by atoms with Gasteiger partial charge < -0.3 is 9.64 Å². The number of nitrogens with zero attached hydrogens (tertiary/aromatic N) is 1. The van der Waals surface area contributed by atoms with Gasteiger partial charge in [0.15, 0.2) is 0 Å². The highest BCUT2D eigenvalue weighted by Gasteiger charge is 2.31. The molecule has 0 radical (unpaired) electrons. The summed E-state index contributed by atoms with van der Waals surface area (Å²) < 4.78 is 5.31. The number of carbonyl (C=O) groups excluding carboxylic acids is 1. The fourth-order valence-electron chi connectivity index (χ4n) is 2.07. The summed E-state index contributed by atoms with van der Waals surface area (Å²) in [5.74, 6) is 0.951. The molecule has 1 aromatic carbocycles. The molecule has 0 saturated carbocycles. The minimum Gasteiger partial charge on any atom is -0.496 e. The number of ether oxygens (including phenoxy) is 1. The number of likely N-dealkylation sites (N-methyl/N-ethyl adjacent to an activating group) is 1. The van der Waals surface area contributed by atoms with Crippen LogP contribution in [-0.2, 0) is 4.79 Å². The maximum absolute atomic E-state index is 11.6. The zero-order chi connectivity index (χ0) is 11.5. The van der Waals surface area contributed by atoms with Crippen molar-refractivity contribution < 1.29 is 9.53 Å². The lowest BCUT2D eigenvalue weighted by molar-refractivity contribution is -0.127. The van der Waals surface area contributed by atoms with Gasteiger partial charge >= 0.3 is 0 Å². The van der Waals surface area contributed by atoms with Gasteiger partial charge in [-0.15, -0.1) is 0 Å². The largest absolute Gasteiger partial charge is 0.496 e. The molecular formula is C12H16N2O2. The SMILES string of the molecule is CCN1C(=O)CNC1c1ccccc1OC. The summed E-state index contributed by atoms with van der Waals surface area (Å²) in [5, 5.41) is 3.19. The maximum Gasteiger partial charge on any atom is 0.238 e. The average molecular weight is 220 g/mol. The average Bonchev–Trinajstić information content (AvgIpc) is 2.70. The third kappa shape index (κ3) is 1.76. The van der Waals surface area contributed by atoms with Crippen LogP contribution in [0.1, 0.15) is 18.7 Å². The van der Waals surface area contributed by atoms with E-state index in [4.69, 9.17) is 4.74 Å². The minimum absolute atomic E-state index is 0.0614. The van der Waals surface area contributed by atoms with Gasteiger partial charge in [-0.3, -0.25) is 10.1 Å². The Labute approximate surface area is 95.2 Å². The highest BCUT2D eigenvalue weighted by Crippen LogP contribution is 2.29. The van der Waals surface area contributed by atoms with Crippen LogP contribution in [0.2, 0.25) is 0 Å². The van der Waals surface area contributed by atoms with Crippen molar-refractivity contribution in [1.29, 1.82) is 0 Å². The molecule has 16 heavy (non-hydrogen) atoms. The second kappa shape index (κ2) is 4.53. The van der Waals surface area contributed by atoms with Gasteiger partial charge in [0.05, 0.1) is 13.7 Å². The van der Waals surface area contributed by atoms with Crippen LogP contribution in [0.5, 0.6) is 5.75 Å². The predicted molar refractivity (Wildman–Crippen MR) is 61.1 cm³/mol. The third-order valence-electron chi connectivity index (χ3n) is 2.85. The number of benzene rings is 1. The quantitative estimate of drug-likeness (QED) is 0.830. The van der Waals surface area contributed by atoms with Crippen LogP contribution >= 0.6 is 0 Å². The van der Waals surface area contributed by atoms with E-state index in [9.17, 15) is 4.79 Å². The summed E-state index contributed by atoms with van der Waals surface area (Å²) in [6.45, 7) is 3.08. The Bertz CT molecular complexity index is 392. The Morgan fingerprint density at radius 1 is 1.50 bits per heavy atom. The van der Waals surface area contributed by atoms with Crippen molar-refractivity contribution in [3.05, 3.63) is 29.8 Å². The first-order chi connectivity index (χ1) is 7.77. The van der Waals surface area contributed by atoms with E-state index in [1.807, 2.05) is 36.1 Å². The number of amides is 1. The standard InChI is InChI=1S/C12H16N2O2/c1-3-14-11(15)8-13-12(14)9-6-4-5-7-10(9)16-2/h4-7,12-13H,3,8H2,1-2H3. The first kappa shape index (κ1) is 11.0. The van der Waals surface area contributed by atoms with E-state index >= 15 is 0 Å². The molecule has 1 fully saturated rings. The summed E-state index contributed by atoms with van der Waals surface area (Å²) >= 11 is 0. The van der Waals surface area contributed by atoms with Gasteiger partial charge in [-0.25, -0.2) is 0 Å². The third-order valence-corrected chi connectivity index (χ3v) is 2.85. The molecule has 4 nitrogen and oxygen atoms in total. The lowest BCUT2D eigenvalue weighted by Gasteiger charge is -2.24. The predicted octanol–water partition coefficient (Wildman–Crippen LogP) is 1.15. The van der Waals surface area contributed by atoms with Crippen LogP contribution in [0.3, 0.4) is 0 Å². The van der Waals surface area contributed by atoms with E-state index in [1.54, 1.807) is 7.11 Å². The van der Waals surface area contributed by atoms with Crippen molar-refractivity contribution in [2.75, 3.05) is 20.2 Å². The van der Waals surface area contributed by atoms with Gasteiger partial charge in [0, 0.05) is 12.1 Å². The Hall–Kier alpha value is -1.55. The molecule has 1 saturated heterocycles. The summed E-state index contributed by atoms with van der Waals surface area (Å²) in [5.41, 5.74) is 1.01. The maximum atomic E-state index is 11.6. The highest BCUT2D eigenvalue weighted by atomic mass is 16.5. The zero-order valence-electron chi connectivity index (χ0n) is 9.56. The van der Waals surface area contributed by atoms with E-state index in [0.717, 1.165) is 11.3 Å². The molecule has 1 aromatic rings. The van der Waals surface area contributed by atoms with Gasteiger partial charge in [0.2, 0.25) is 5.91 Å². The topological polar surface area (TPSA) is 41.6 Å². The van der Waals surface area contributed by atoms with Crippen LogP contribution in [0, 0.1) is 0 Å². The number of methoxy groups -OCH3 is 1. The molecular weight excluding hydrogens is 204 g/mol. The molecule has 4 heteroatoms. The number of hydrogen-bond donors (Lipinski definition) is 1. The minimum atomic E-state index is -0.0614.